The third-order valence-electron chi connectivity index (χ3n) is 6.40. The van der Waals surface area contributed by atoms with Crippen LogP contribution in [-0.2, 0) is 4.79 Å². The Morgan fingerprint density at radius 1 is 0.935 bits per heavy atom. The molecule has 7 heteroatoms. The molecule has 2 aliphatic rings. The third-order valence-corrected chi connectivity index (χ3v) is 6.40. The smallest absolute Gasteiger partial charge is 0.269 e. The van der Waals surface area contributed by atoms with E-state index in [4.69, 9.17) is 0 Å². The van der Waals surface area contributed by atoms with Gasteiger partial charge in [-0.15, -0.1) is 0 Å². The Bertz CT molecular complexity index is 873. The van der Waals surface area contributed by atoms with Crippen LogP contribution in [0, 0.1) is 10.1 Å². The molecular formula is C24H30N4O3. The molecule has 31 heavy (non-hydrogen) atoms. The highest BCUT2D eigenvalue weighted by Crippen LogP contribution is 2.28. The van der Waals surface area contributed by atoms with Crippen LogP contribution in [0.5, 0.6) is 0 Å². The third kappa shape index (κ3) is 5.22. The normalized spacial score (nSPS) is 18.0. The summed E-state index contributed by atoms with van der Waals surface area (Å²) in [6.07, 6.45) is 5.80. The fraction of sp³-hybridized carbons (Fsp3) is 0.458. The van der Waals surface area contributed by atoms with Crippen molar-refractivity contribution in [2.45, 2.75) is 38.1 Å². The molecule has 0 bridgehead atoms. The van der Waals surface area contributed by atoms with Crippen molar-refractivity contribution >= 4 is 23.0 Å². The van der Waals surface area contributed by atoms with Gasteiger partial charge in [-0.3, -0.25) is 19.8 Å². The molecule has 1 saturated carbocycles. The van der Waals surface area contributed by atoms with Gasteiger partial charge in [-0.25, -0.2) is 0 Å². The minimum absolute atomic E-state index is 0.108. The van der Waals surface area contributed by atoms with Crippen LogP contribution in [0.4, 0.5) is 17.1 Å². The van der Waals surface area contributed by atoms with Gasteiger partial charge in [0.2, 0.25) is 5.91 Å². The number of anilines is 2. The highest BCUT2D eigenvalue weighted by molar-refractivity contribution is 5.95. The van der Waals surface area contributed by atoms with Gasteiger partial charge >= 0.3 is 0 Å². The van der Waals surface area contributed by atoms with Gasteiger partial charge in [0.25, 0.3) is 5.69 Å². The maximum absolute atomic E-state index is 13.4. The van der Waals surface area contributed by atoms with E-state index in [-0.39, 0.29) is 16.5 Å². The van der Waals surface area contributed by atoms with E-state index in [2.05, 4.69) is 9.80 Å². The zero-order chi connectivity index (χ0) is 21.6. The Balaban J connectivity index is 1.37. The first-order valence-corrected chi connectivity index (χ1v) is 11.2. The second-order valence-corrected chi connectivity index (χ2v) is 8.43. The van der Waals surface area contributed by atoms with Crippen LogP contribution in [-0.4, -0.2) is 54.5 Å². The SMILES string of the molecule is O=C(CN1CCN(c2ccc([N+](=O)[O-])cc2)CC1)N(c1ccccc1)C1CCCCC1. The number of rotatable bonds is 6. The Hall–Kier alpha value is -2.93. The van der Waals surface area contributed by atoms with Gasteiger partial charge in [-0.05, 0) is 37.1 Å². The lowest BCUT2D eigenvalue weighted by atomic mass is 9.93. The molecule has 0 radical (unpaired) electrons. The topological polar surface area (TPSA) is 69.9 Å². The number of piperazine rings is 1. The molecule has 1 amide bonds. The number of carbonyl (C=O) groups excluding carboxylic acids is 1. The first-order valence-electron chi connectivity index (χ1n) is 11.2. The molecule has 4 rings (SSSR count). The molecule has 1 saturated heterocycles. The highest BCUT2D eigenvalue weighted by atomic mass is 16.6. The molecule has 2 aromatic rings. The van der Waals surface area contributed by atoms with Crippen LogP contribution in [0.15, 0.2) is 54.6 Å². The average Bonchev–Trinajstić information content (AvgIpc) is 2.81. The van der Waals surface area contributed by atoms with E-state index >= 15 is 0 Å². The fourth-order valence-electron chi connectivity index (χ4n) is 4.70. The van der Waals surface area contributed by atoms with Gasteiger partial charge in [-0.2, -0.15) is 0 Å². The number of para-hydroxylation sites is 1. The van der Waals surface area contributed by atoms with Crippen molar-refractivity contribution < 1.29 is 9.72 Å². The van der Waals surface area contributed by atoms with Crippen molar-refractivity contribution in [1.82, 2.24) is 4.90 Å². The quantitative estimate of drug-likeness (QED) is 0.518. The minimum Gasteiger partial charge on any atom is -0.369 e. The summed E-state index contributed by atoms with van der Waals surface area (Å²) in [6.45, 7) is 3.64. The number of benzene rings is 2. The van der Waals surface area contributed by atoms with Crippen molar-refractivity contribution in [2.24, 2.45) is 0 Å². The number of hydrogen-bond donors (Lipinski definition) is 0. The van der Waals surface area contributed by atoms with Crippen LogP contribution in [0.1, 0.15) is 32.1 Å². The van der Waals surface area contributed by atoms with Crippen molar-refractivity contribution in [3.63, 3.8) is 0 Å². The molecule has 0 spiro atoms. The van der Waals surface area contributed by atoms with Gasteiger partial charge in [0.05, 0.1) is 11.5 Å². The Kier molecular flexibility index (Phi) is 6.82. The first-order chi connectivity index (χ1) is 15.1. The van der Waals surface area contributed by atoms with Crippen molar-refractivity contribution in [3.8, 4) is 0 Å². The molecule has 0 unspecified atom stereocenters. The van der Waals surface area contributed by atoms with Crippen molar-refractivity contribution in [2.75, 3.05) is 42.5 Å². The van der Waals surface area contributed by atoms with Gasteiger partial charge in [-0.1, -0.05) is 37.5 Å². The molecule has 164 valence electrons. The summed E-state index contributed by atoms with van der Waals surface area (Å²) in [6, 6.07) is 17.1. The number of hydrogen-bond acceptors (Lipinski definition) is 5. The van der Waals surface area contributed by atoms with Gasteiger partial charge in [0, 0.05) is 55.7 Å². The van der Waals surface area contributed by atoms with E-state index in [1.54, 1.807) is 24.3 Å². The van der Waals surface area contributed by atoms with Crippen LogP contribution in [0.2, 0.25) is 0 Å². The van der Waals surface area contributed by atoms with Crippen LogP contribution < -0.4 is 9.80 Å². The molecule has 2 fully saturated rings. The van der Waals surface area contributed by atoms with E-state index < -0.39 is 0 Å². The molecule has 7 nitrogen and oxygen atoms in total. The lowest BCUT2D eigenvalue weighted by molar-refractivity contribution is -0.384. The molecule has 1 aliphatic heterocycles. The zero-order valence-corrected chi connectivity index (χ0v) is 17.9. The van der Waals surface area contributed by atoms with E-state index in [9.17, 15) is 14.9 Å². The van der Waals surface area contributed by atoms with E-state index in [1.165, 1.54) is 19.3 Å². The average molecular weight is 423 g/mol. The first kappa shape index (κ1) is 21.3. The molecule has 0 N–H and O–H groups in total. The monoisotopic (exact) mass is 422 g/mol. The Morgan fingerprint density at radius 3 is 2.19 bits per heavy atom. The molecule has 1 aliphatic carbocycles. The summed E-state index contributed by atoms with van der Waals surface area (Å²) in [7, 11) is 0. The summed E-state index contributed by atoms with van der Waals surface area (Å²) in [5.74, 6) is 0.182. The second-order valence-electron chi connectivity index (χ2n) is 8.43. The Labute approximate surface area is 183 Å². The zero-order valence-electron chi connectivity index (χ0n) is 17.9. The Morgan fingerprint density at radius 2 is 1.58 bits per heavy atom. The predicted molar refractivity (Wildman–Crippen MR) is 123 cm³/mol. The molecule has 0 aromatic heterocycles. The van der Waals surface area contributed by atoms with E-state index in [0.717, 1.165) is 50.4 Å². The maximum Gasteiger partial charge on any atom is 0.269 e. The summed E-state index contributed by atoms with van der Waals surface area (Å²) in [5.41, 5.74) is 2.10. The van der Waals surface area contributed by atoms with Gasteiger partial charge < -0.3 is 9.80 Å². The number of amides is 1. The van der Waals surface area contributed by atoms with E-state index in [0.29, 0.717) is 12.6 Å². The summed E-state index contributed by atoms with van der Waals surface area (Å²) < 4.78 is 0. The second kappa shape index (κ2) is 9.92. The lowest BCUT2D eigenvalue weighted by Crippen LogP contribution is -2.52. The van der Waals surface area contributed by atoms with Crippen molar-refractivity contribution in [1.29, 1.82) is 0 Å². The fourth-order valence-corrected chi connectivity index (χ4v) is 4.70. The summed E-state index contributed by atoms with van der Waals surface area (Å²) in [5, 5.41) is 10.9. The summed E-state index contributed by atoms with van der Waals surface area (Å²) in [4.78, 5) is 30.3. The van der Waals surface area contributed by atoms with Crippen molar-refractivity contribution in [3.05, 3.63) is 64.7 Å². The number of non-ortho nitro benzene ring substituents is 1. The number of carbonyl (C=O) groups is 1. The van der Waals surface area contributed by atoms with Gasteiger partial charge in [0.15, 0.2) is 0 Å². The minimum atomic E-state index is -0.377. The lowest BCUT2D eigenvalue weighted by Gasteiger charge is -2.39. The standard InChI is InChI=1S/C24H30N4O3/c29-24(27(21-7-3-1-4-8-21)22-9-5-2-6-10-22)19-25-15-17-26(18-16-25)20-11-13-23(14-12-20)28(30)31/h1,3-4,7-8,11-14,22H,2,5-6,9-10,15-19H2. The van der Waals surface area contributed by atoms with Crippen LogP contribution >= 0.6 is 0 Å². The van der Waals surface area contributed by atoms with Crippen LogP contribution in [0.3, 0.4) is 0 Å². The molecular weight excluding hydrogens is 392 g/mol. The largest absolute Gasteiger partial charge is 0.369 e. The molecule has 2 aromatic carbocycles. The van der Waals surface area contributed by atoms with E-state index in [1.807, 2.05) is 35.2 Å². The molecule has 1 heterocycles. The van der Waals surface area contributed by atoms with Gasteiger partial charge in [0.1, 0.15) is 0 Å². The predicted octanol–water partition coefficient (Wildman–Crippen LogP) is 4.08. The summed E-state index contributed by atoms with van der Waals surface area (Å²) >= 11 is 0. The highest BCUT2D eigenvalue weighted by Gasteiger charge is 2.29. The molecule has 0 atom stereocenters. The van der Waals surface area contributed by atoms with Crippen LogP contribution in [0.25, 0.3) is 0 Å². The number of nitrogens with zero attached hydrogens (tertiary/aromatic N) is 4. The number of nitro benzene ring substituents is 1. The number of nitro groups is 1. The maximum atomic E-state index is 13.4.